The first-order valence-electron chi connectivity index (χ1n) is 12.9. The molecule has 7 nitrogen and oxygen atoms in total. The fourth-order valence-electron chi connectivity index (χ4n) is 4.38. The molecule has 0 radical (unpaired) electrons. The number of carbonyl (C=O) groups excluding carboxylic acids is 2. The molecule has 2 aromatic rings. The van der Waals surface area contributed by atoms with Crippen molar-refractivity contribution in [2.24, 2.45) is 11.8 Å². The van der Waals surface area contributed by atoms with E-state index in [4.69, 9.17) is 0 Å². The molecular formula is C28H39N3O4S. The summed E-state index contributed by atoms with van der Waals surface area (Å²) in [5, 5.41) is 5.84. The van der Waals surface area contributed by atoms with Gasteiger partial charge in [0.05, 0.1) is 4.90 Å². The Hall–Kier alpha value is -2.71. The largest absolute Gasteiger partial charge is 0.344 e. The van der Waals surface area contributed by atoms with Gasteiger partial charge in [0, 0.05) is 24.7 Å². The van der Waals surface area contributed by atoms with Crippen LogP contribution < -0.4 is 10.6 Å². The molecule has 8 heteroatoms. The van der Waals surface area contributed by atoms with E-state index in [0.29, 0.717) is 18.5 Å². The fourth-order valence-corrected chi connectivity index (χ4v) is 5.85. The number of carbonyl (C=O) groups is 2. The molecule has 196 valence electrons. The first kappa shape index (κ1) is 27.9. The zero-order valence-corrected chi connectivity index (χ0v) is 22.6. The standard InChI is InChI=1S/C28H39N3O4S/c1-5-6-7-22-10-12-24(13-11-22)29-28(33)26(20(2)3)30-27(32)23-16-18-31(19-17-23)36(34,35)25-14-8-21(4)9-15-25/h8-15,20,23,26H,5-7,16-19H2,1-4H3,(H,29,33)(H,30,32)/t26-/m1/s1. The molecule has 36 heavy (non-hydrogen) atoms. The van der Waals surface area contributed by atoms with E-state index >= 15 is 0 Å². The van der Waals surface area contributed by atoms with E-state index in [0.717, 1.165) is 24.8 Å². The molecule has 0 aliphatic carbocycles. The number of hydrogen-bond donors (Lipinski definition) is 2. The Balaban J connectivity index is 1.56. The highest BCUT2D eigenvalue weighted by Gasteiger charge is 2.34. The molecule has 3 rings (SSSR count). The summed E-state index contributed by atoms with van der Waals surface area (Å²) in [4.78, 5) is 26.3. The van der Waals surface area contributed by atoms with Crippen LogP contribution in [0.5, 0.6) is 0 Å². The number of benzene rings is 2. The van der Waals surface area contributed by atoms with Gasteiger partial charge in [-0.3, -0.25) is 9.59 Å². The van der Waals surface area contributed by atoms with Crippen LogP contribution in [0.1, 0.15) is 57.6 Å². The number of unbranched alkanes of at least 4 members (excludes halogenated alkanes) is 1. The third kappa shape index (κ3) is 7.17. The summed E-state index contributed by atoms with van der Waals surface area (Å²) < 4.78 is 27.3. The number of rotatable bonds is 10. The van der Waals surface area contributed by atoms with Crippen molar-refractivity contribution in [3.05, 3.63) is 59.7 Å². The Labute approximate surface area is 215 Å². The van der Waals surface area contributed by atoms with Gasteiger partial charge in [0.2, 0.25) is 21.8 Å². The van der Waals surface area contributed by atoms with E-state index in [1.54, 1.807) is 24.3 Å². The second kappa shape index (κ2) is 12.5. The van der Waals surface area contributed by atoms with Gasteiger partial charge in [0.1, 0.15) is 6.04 Å². The van der Waals surface area contributed by atoms with E-state index in [1.807, 2.05) is 45.0 Å². The van der Waals surface area contributed by atoms with Crippen molar-refractivity contribution in [1.29, 1.82) is 0 Å². The van der Waals surface area contributed by atoms with Crippen LogP contribution in [-0.2, 0) is 26.0 Å². The Morgan fingerprint density at radius 3 is 2.17 bits per heavy atom. The van der Waals surface area contributed by atoms with Crippen LogP contribution in [0, 0.1) is 18.8 Å². The van der Waals surface area contributed by atoms with Crippen molar-refractivity contribution in [3.8, 4) is 0 Å². The summed E-state index contributed by atoms with van der Waals surface area (Å²) in [7, 11) is -3.58. The van der Waals surface area contributed by atoms with Crippen LogP contribution in [0.2, 0.25) is 0 Å². The number of amides is 2. The molecule has 0 spiro atoms. The smallest absolute Gasteiger partial charge is 0.247 e. The number of anilines is 1. The molecule has 0 bridgehead atoms. The Morgan fingerprint density at radius 2 is 1.61 bits per heavy atom. The van der Waals surface area contributed by atoms with Crippen LogP contribution in [-0.4, -0.2) is 43.7 Å². The quantitative estimate of drug-likeness (QED) is 0.488. The van der Waals surface area contributed by atoms with Crippen LogP contribution in [0.15, 0.2) is 53.4 Å². The average molecular weight is 514 g/mol. The molecule has 2 aromatic carbocycles. The zero-order valence-electron chi connectivity index (χ0n) is 21.8. The van der Waals surface area contributed by atoms with E-state index in [1.165, 1.54) is 9.87 Å². The Morgan fingerprint density at radius 1 is 1.00 bits per heavy atom. The highest BCUT2D eigenvalue weighted by Crippen LogP contribution is 2.25. The van der Waals surface area contributed by atoms with Crippen molar-refractivity contribution in [1.82, 2.24) is 9.62 Å². The molecule has 1 atom stereocenters. The third-order valence-corrected chi connectivity index (χ3v) is 8.68. The maximum atomic E-state index is 13.0. The van der Waals surface area contributed by atoms with Gasteiger partial charge in [-0.2, -0.15) is 4.31 Å². The van der Waals surface area contributed by atoms with E-state index in [9.17, 15) is 18.0 Å². The van der Waals surface area contributed by atoms with E-state index < -0.39 is 16.1 Å². The third-order valence-electron chi connectivity index (χ3n) is 6.77. The number of piperidine rings is 1. The van der Waals surface area contributed by atoms with Gasteiger partial charge in [0.15, 0.2) is 0 Å². The number of hydrogen-bond acceptors (Lipinski definition) is 4. The SMILES string of the molecule is CCCCc1ccc(NC(=O)[C@H](NC(=O)C2CCN(S(=O)(=O)c3ccc(C)cc3)CC2)C(C)C)cc1. The maximum Gasteiger partial charge on any atom is 0.247 e. The first-order valence-corrected chi connectivity index (χ1v) is 14.3. The van der Waals surface area contributed by atoms with Crippen molar-refractivity contribution in [2.45, 2.75) is 70.7 Å². The molecule has 0 unspecified atom stereocenters. The summed E-state index contributed by atoms with van der Waals surface area (Å²) in [6, 6.07) is 14.0. The lowest BCUT2D eigenvalue weighted by Crippen LogP contribution is -2.50. The van der Waals surface area contributed by atoms with Crippen molar-refractivity contribution in [3.63, 3.8) is 0 Å². The van der Waals surface area contributed by atoms with Gasteiger partial charge < -0.3 is 10.6 Å². The van der Waals surface area contributed by atoms with Crippen molar-refractivity contribution in [2.75, 3.05) is 18.4 Å². The molecule has 0 saturated carbocycles. The second-order valence-corrected chi connectivity index (χ2v) is 11.9. The van der Waals surface area contributed by atoms with Gasteiger partial charge in [-0.25, -0.2) is 8.42 Å². The summed E-state index contributed by atoms with van der Waals surface area (Å²) in [5.41, 5.74) is 2.94. The lowest BCUT2D eigenvalue weighted by molar-refractivity contribution is -0.130. The summed E-state index contributed by atoms with van der Waals surface area (Å²) in [6.45, 7) is 8.42. The molecule has 1 fully saturated rings. The minimum Gasteiger partial charge on any atom is -0.344 e. The maximum absolute atomic E-state index is 13.0. The predicted octanol–water partition coefficient (Wildman–Crippen LogP) is 4.52. The number of aryl methyl sites for hydroxylation is 2. The molecule has 0 aromatic heterocycles. The Bertz CT molecular complexity index is 1120. The highest BCUT2D eigenvalue weighted by molar-refractivity contribution is 7.89. The van der Waals surface area contributed by atoms with Crippen molar-refractivity contribution < 1.29 is 18.0 Å². The molecule has 2 N–H and O–H groups in total. The monoisotopic (exact) mass is 513 g/mol. The summed E-state index contributed by atoms with van der Waals surface area (Å²) >= 11 is 0. The predicted molar refractivity (Wildman–Crippen MR) is 143 cm³/mol. The van der Waals surface area contributed by atoms with Gasteiger partial charge in [-0.1, -0.05) is 57.0 Å². The molecule has 1 saturated heterocycles. The molecular weight excluding hydrogens is 474 g/mol. The molecule has 1 heterocycles. The minimum atomic E-state index is -3.58. The van der Waals surface area contributed by atoms with Crippen LogP contribution in [0.4, 0.5) is 5.69 Å². The summed E-state index contributed by atoms with van der Waals surface area (Å²) in [6.07, 6.45) is 4.12. The van der Waals surface area contributed by atoms with Gasteiger partial charge in [-0.05, 0) is 68.4 Å². The fraction of sp³-hybridized carbons (Fsp3) is 0.500. The molecule has 2 amide bonds. The second-order valence-electron chi connectivity index (χ2n) is 10.0. The molecule has 1 aliphatic rings. The van der Waals surface area contributed by atoms with E-state index in [-0.39, 0.29) is 41.6 Å². The van der Waals surface area contributed by atoms with Gasteiger partial charge in [0.25, 0.3) is 0 Å². The number of nitrogens with one attached hydrogen (secondary N) is 2. The lowest BCUT2D eigenvalue weighted by Gasteiger charge is -2.32. The Kier molecular flexibility index (Phi) is 9.68. The molecule has 1 aliphatic heterocycles. The zero-order chi connectivity index (χ0) is 26.3. The van der Waals surface area contributed by atoms with Gasteiger partial charge >= 0.3 is 0 Å². The van der Waals surface area contributed by atoms with Crippen molar-refractivity contribution >= 4 is 27.5 Å². The number of nitrogens with zero attached hydrogens (tertiary/aromatic N) is 1. The number of sulfonamides is 1. The normalized spacial score (nSPS) is 16.0. The minimum absolute atomic E-state index is 0.0974. The summed E-state index contributed by atoms with van der Waals surface area (Å²) in [5.74, 6) is -0.883. The van der Waals surface area contributed by atoms with Gasteiger partial charge in [-0.15, -0.1) is 0 Å². The van der Waals surface area contributed by atoms with Crippen LogP contribution in [0.3, 0.4) is 0 Å². The average Bonchev–Trinajstić information content (AvgIpc) is 2.86. The van der Waals surface area contributed by atoms with Crippen LogP contribution in [0.25, 0.3) is 0 Å². The topological polar surface area (TPSA) is 95.6 Å². The van der Waals surface area contributed by atoms with Crippen LogP contribution >= 0.6 is 0 Å². The highest BCUT2D eigenvalue weighted by atomic mass is 32.2. The first-order chi connectivity index (χ1) is 17.1. The van der Waals surface area contributed by atoms with E-state index in [2.05, 4.69) is 17.6 Å². The lowest BCUT2D eigenvalue weighted by atomic mass is 9.95.